The van der Waals surface area contributed by atoms with Crippen LogP contribution in [0.2, 0.25) is 0 Å². The van der Waals surface area contributed by atoms with Gasteiger partial charge in [-0.05, 0) is 50.3 Å². The van der Waals surface area contributed by atoms with Crippen LogP contribution in [0.15, 0.2) is 28.1 Å². The summed E-state index contributed by atoms with van der Waals surface area (Å²) >= 11 is 1.98. The van der Waals surface area contributed by atoms with E-state index in [9.17, 15) is 9.90 Å². The third-order valence-corrected chi connectivity index (χ3v) is 8.15. The van der Waals surface area contributed by atoms with Crippen molar-refractivity contribution in [3.8, 4) is 0 Å². The number of thioether (sulfide) groups is 1. The minimum absolute atomic E-state index is 0.127. The fourth-order valence-corrected chi connectivity index (χ4v) is 6.33. The average molecular weight is 429 g/mol. The number of fused-ring (bicyclic) bond motifs is 2. The van der Waals surface area contributed by atoms with Crippen molar-refractivity contribution in [2.24, 2.45) is 4.99 Å². The summed E-state index contributed by atoms with van der Waals surface area (Å²) in [6.07, 6.45) is 3.48. The molecule has 0 aromatic heterocycles. The molecule has 2 unspecified atom stereocenters. The Morgan fingerprint density at radius 3 is 2.90 bits per heavy atom. The van der Waals surface area contributed by atoms with E-state index in [1.165, 1.54) is 28.3 Å². The zero-order valence-corrected chi connectivity index (χ0v) is 18.7. The van der Waals surface area contributed by atoms with Gasteiger partial charge in [0.15, 0.2) is 0 Å². The van der Waals surface area contributed by atoms with Crippen molar-refractivity contribution in [3.05, 3.63) is 23.8 Å². The summed E-state index contributed by atoms with van der Waals surface area (Å²) in [5.74, 6) is 1.95. The Kier molecular flexibility index (Phi) is 5.54. The van der Waals surface area contributed by atoms with Crippen LogP contribution in [-0.4, -0.2) is 83.3 Å². The predicted octanol–water partition coefficient (Wildman–Crippen LogP) is 2.39. The molecule has 4 heterocycles. The summed E-state index contributed by atoms with van der Waals surface area (Å²) < 4.78 is 0. The quantitative estimate of drug-likeness (QED) is 0.798. The second-order valence-corrected chi connectivity index (χ2v) is 10.4. The van der Waals surface area contributed by atoms with Gasteiger partial charge < -0.3 is 10.0 Å². The van der Waals surface area contributed by atoms with Gasteiger partial charge in [-0.25, -0.2) is 0 Å². The van der Waals surface area contributed by atoms with E-state index in [0.717, 1.165) is 45.6 Å². The second-order valence-electron chi connectivity index (χ2n) is 9.28. The third kappa shape index (κ3) is 3.87. The van der Waals surface area contributed by atoms with Gasteiger partial charge in [0.2, 0.25) is 5.91 Å². The van der Waals surface area contributed by atoms with Crippen LogP contribution in [-0.2, 0) is 11.2 Å². The maximum Gasteiger partial charge on any atom is 0.230 e. The van der Waals surface area contributed by atoms with Crippen LogP contribution in [0.5, 0.6) is 0 Å². The van der Waals surface area contributed by atoms with E-state index in [1.54, 1.807) is 4.90 Å². The van der Waals surface area contributed by atoms with Crippen molar-refractivity contribution in [2.75, 3.05) is 49.9 Å². The number of amides is 1. The SMILES string of the molecule is CC1(CCN2CCN(c3cccc4c3CCS4)CC2)CC(=O)N2CCCC(O)C2=N1. The number of benzene rings is 1. The fraction of sp³-hybridized carbons (Fsp3) is 0.652. The predicted molar refractivity (Wildman–Crippen MR) is 122 cm³/mol. The van der Waals surface area contributed by atoms with Crippen LogP contribution in [0.1, 0.15) is 38.2 Å². The first kappa shape index (κ1) is 20.3. The number of aliphatic hydroxyl groups excluding tert-OH is 1. The summed E-state index contributed by atoms with van der Waals surface area (Å²) in [7, 11) is 0. The van der Waals surface area contributed by atoms with Gasteiger partial charge in [0.05, 0.1) is 12.0 Å². The molecule has 4 aliphatic heterocycles. The number of anilines is 1. The third-order valence-electron chi connectivity index (χ3n) is 7.05. The van der Waals surface area contributed by atoms with Gasteiger partial charge >= 0.3 is 0 Å². The maximum absolute atomic E-state index is 12.6. The van der Waals surface area contributed by atoms with Crippen molar-refractivity contribution in [1.29, 1.82) is 0 Å². The lowest BCUT2D eigenvalue weighted by molar-refractivity contribution is -0.130. The Bertz CT molecular complexity index is 852. The highest BCUT2D eigenvalue weighted by Crippen LogP contribution is 2.38. The van der Waals surface area contributed by atoms with Crippen molar-refractivity contribution in [2.45, 2.75) is 55.6 Å². The van der Waals surface area contributed by atoms with E-state index in [2.05, 4.69) is 34.9 Å². The summed E-state index contributed by atoms with van der Waals surface area (Å²) in [6, 6.07) is 6.74. The monoisotopic (exact) mass is 428 g/mol. The lowest BCUT2D eigenvalue weighted by atomic mass is 9.89. The summed E-state index contributed by atoms with van der Waals surface area (Å²) in [5, 5.41) is 10.3. The Morgan fingerprint density at radius 2 is 2.07 bits per heavy atom. The lowest BCUT2D eigenvalue weighted by Gasteiger charge is -2.42. The first-order chi connectivity index (χ1) is 14.5. The standard InChI is InChI=1S/C23H32N4O2S/c1-23(16-21(29)27-9-3-5-19(28)22(27)24-23)8-10-25-11-13-26(14-12-25)18-4-2-6-20-17(18)7-15-30-20/h2,4,6,19,28H,3,5,7-16H2,1H3. The first-order valence-electron chi connectivity index (χ1n) is 11.3. The summed E-state index contributed by atoms with van der Waals surface area (Å²) in [6.45, 7) is 7.94. The highest BCUT2D eigenvalue weighted by Gasteiger charge is 2.40. The molecule has 2 fully saturated rings. The Balaban J connectivity index is 1.19. The van der Waals surface area contributed by atoms with E-state index >= 15 is 0 Å². The molecule has 30 heavy (non-hydrogen) atoms. The van der Waals surface area contributed by atoms with Crippen LogP contribution in [0.4, 0.5) is 5.69 Å². The molecule has 1 aromatic rings. The van der Waals surface area contributed by atoms with E-state index in [-0.39, 0.29) is 5.91 Å². The van der Waals surface area contributed by atoms with Crippen LogP contribution in [0, 0.1) is 0 Å². The molecule has 4 aliphatic rings. The number of piperazine rings is 1. The van der Waals surface area contributed by atoms with Crippen LogP contribution >= 0.6 is 11.8 Å². The molecule has 1 aromatic carbocycles. The van der Waals surface area contributed by atoms with Crippen LogP contribution < -0.4 is 4.90 Å². The molecular weight excluding hydrogens is 396 g/mol. The van der Waals surface area contributed by atoms with Gasteiger partial charge in [0.25, 0.3) is 0 Å². The Hall–Kier alpha value is -1.57. The number of piperidine rings is 1. The Morgan fingerprint density at radius 1 is 1.23 bits per heavy atom. The van der Waals surface area contributed by atoms with Gasteiger partial charge in [-0.3, -0.25) is 19.6 Å². The molecule has 0 bridgehead atoms. The highest BCUT2D eigenvalue weighted by molar-refractivity contribution is 7.99. The molecule has 0 aliphatic carbocycles. The summed E-state index contributed by atoms with van der Waals surface area (Å²) in [4.78, 5) is 25.8. The van der Waals surface area contributed by atoms with Crippen LogP contribution in [0.3, 0.4) is 0 Å². The number of rotatable bonds is 4. The first-order valence-corrected chi connectivity index (χ1v) is 12.3. The molecule has 5 rings (SSSR count). The van der Waals surface area contributed by atoms with E-state index < -0.39 is 11.6 Å². The Labute approximate surface area is 183 Å². The lowest BCUT2D eigenvalue weighted by Crippen LogP contribution is -2.55. The van der Waals surface area contributed by atoms with Gasteiger partial charge in [0, 0.05) is 55.6 Å². The molecule has 1 N–H and O–H groups in total. The minimum atomic E-state index is -0.586. The number of aliphatic imine (C=N–C) groups is 1. The smallest absolute Gasteiger partial charge is 0.230 e. The molecule has 6 nitrogen and oxygen atoms in total. The van der Waals surface area contributed by atoms with Crippen LogP contribution in [0.25, 0.3) is 0 Å². The number of amidine groups is 1. The largest absolute Gasteiger partial charge is 0.385 e. The molecule has 162 valence electrons. The number of nitrogens with zero attached hydrogens (tertiary/aromatic N) is 4. The van der Waals surface area contributed by atoms with Crippen molar-refractivity contribution >= 4 is 29.2 Å². The van der Waals surface area contributed by atoms with E-state index in [4.69, 9.17) is 4.99 Å². The number of carbonyl (C=O) groups is 1. The second kappa shape index (κ2) is 8.17. The summed E-state index contributed by atoms with van der Waals surface area (Å²) in [5.41, 5.74) is 2.57. The topological polar surface area (TPSA) is 59.4 Å². The number of hydrogen-bond acceptors (Lipinski definition) is 6. The fourth-order valence-electron chi connectivity index (χ4n) is 5.25. The zero-order valence-electron chi connectivity index (χ0n) is 17.8. The zero-order chi connectivity index (χ0) is 20.7. The van der Waals surface area contributed by atoms with Gasteiger partial charge in [-0.1, -0.05) is 6.07 Å². The molecule has 0 spiro atoms. The normalized spacial score (nSPS) is 29.6. The van der Waals surface area contributed by atoms with Crippen molar-refractivity contribution in [3.63, 3.8) is 0 Å². The maximum atomic E-state index is 12.6. The molecule has 2 saturated heterocycles. The molecular formula is C23H32N4O2S. The van der Waals surface area contributed by atoms with Gasteiger partial charge in [-0.15, -0.1) is 11.8 Å². The number of carbonyl (C=O) groups excluding carboxylic acids is 1. The molecule has 1 amide bonds. The average Bonchev–Trinajstić information content (AvgIpc) is 3.23. The number of hydrogen-bond donors (Lipinski definition) is 1. The molecule has 0 radical (unpaired) electrons. The van der Waals surface area contributed by atoms with Gasteiger partial charge in [-0.2, -0.15) is 0 Å². The van der Waals surface area contributed by atoms with Crippen molar-refractivity contribution < 1.29 is 9.90 Å². The van der Waals surface area contributed by atoms with Gasteiger partial charge in [0.1, 0.15) is 11.9 Å². The highest BCUT2D eigenvalue weighted by atomic mass is 32.2. The molecule has 7 heteroatoms. The minimum Gasteiger partial charge on any atom is -0.385 e. The molecule has 0 saturated carbocycles. The molecule has 2 atom stereocenters. The van der Waals surface area contributed by atoms with E-state index in [0.29, 0.717) is 25.2 Å². The number of aliphatic hydroxyl groups is 1. The van der Waals surface area contributed by atoms with E-state index in [1.807, 2.05) is 11.8 Å². The van der Waals surface area contributed by atoms with Crippen molar-refractivity contribution in [1.82, 2.24) is 9.80 Å².